The summed E-state index contributed by atoms with van der Waals surface area (Å²) in [5.41, 5.74) is 1.67. The maximum atomic E-state index is 11.4. The van der Waals surface area contributed by atoms with Crippen molar-refractivity contribution in [1.29, 1.82) is 0 Å². The molecule has 0 fully saturated rings. The summed E-state index contributed by atoms with van der Waals surface area (Å²) in [6.07, 6.45) is 0.610. The fraction of sp³-hybridized carbons (Fsp3) is 0.385. The van der Waals surface area contributed by atoms with Crippen molar-refractivity contribution in [3.05, 3.63) is 29.8 Å². The molecule has 0 atom stereocenters. The molecular formula is C13H17ClN2O3. The Morgan fingerprint density at radius 3 is 2.84 bits per heavy atom. The largest absolute Gasteiger partial charge is 0.466 e. The normalized spacial score (nSPS) is 9.79. The van der Waals surface area contributed by atoms with Crippen LogP contribution in [0.1, 0.15) is 12.5 Å². The minimum absolute atomic E-state index is 0.294. The van der Waals surface area contributed by atoms with Gasteiger partial charge in [-0.05, 0) is 17.7 Å². The van der Waals surface area contributed by atoms with E-state index in [9.17, 15) is 9.59 Å². The smallest absolute Gasteiger partial charge is 0.319 e. The second-order valence-corrected chi connectivity index (χ2v) is 4.24. The topological polar surface area (TPSA) is 67.4 Å². The third-order valence-electron chi connectivity index (χ3n) is 2.26. The SMILES string of the molecule is CC(=O)OCCc1cccc(NC(=O)NCCCl)c1. The summed E-state index contributed by atoms with van der Waals surface area (Å²) < 4.78 is 4.87. The zero-order valence-corrected chi connectivity index (χ0v) is 11.5. The Balaban J connectivity index is 2.47. The van der Waals surface area contributed by atoms with E-state index in [-0.39, 0.29) is 12.0 Å². The van der Waals surface area contributed by atoms with Gasteiger partial charge in [0.15, 0.2) is 0 Å². The number of nitrogens with one attached hydrogen (secondary N) is 2. The number of urea groups is 1. The molecule has 19 heavy (non-hydrogen) atoms. The second-order valence-electron chi connectivity index (χ2n) is 3.86. The van der Waals surface area contributed by atoms with Gasteiger partial charge in [-0.15, -0.1) is 11.6 Å². The molecule has 0 aliphatic rings. The number of amides is 2. The molecule has 0 bridgehead atoms. The molecule has 2 amide bonds. The van der Waals surface area contributed by atoms with Gasteiger partial charge in [0.1, 0.15) is 0 Å². The molecule has 0 aromatic heterocycles. The van der Waals surface area contributed by atoms with Crippen LogP contribution in [0, 0.1) is 0 Å². The number of benzene rings is 1. The minimum Gasteiger partial charge on any atom is -0.466 e. The molecule has 0 spiro atoms. The monoisotopic (exact) mass is 284 g/mol. The molecule has 104 valence electrons. The third kappa shape index (κ3) is 6.67. The molecule has 0 heterocycles. The van der Waals surface area contributed by atoms with E-state index in [1.807, 2.05) is 18.2 Å². The van der Waals surface area contributed by atoms with Crippen molar-refractivity contribution < 1.29 is 14.3 Å². The number of hydrogen-bond acceptors (Lipinski definition) is 3. The summed E-state index contributed by atoms with van der Waals surface area (Å²) in [4.78, 5) is 22.1. The number of hydrogen-bond donors (Lipinski definition) is 2. The average Bonchev–Trinajstić information content (AvgIpc) is 2.36. The van der Waals surface area contributed by atoms with Gasteiger partial charge in [-0.1, -0.05) is 12.1 Å². The summed E-state index contributed by atoms with van der Waals surface area (Å²) in [7, 11) is 0. The number of ether oxygens (including phenoxy) is 1. The van der Waals surface area contributed by atoms with Gasteiger partial charge in [0, 0.05) is 31.5 Å². The Kier molecular flexibility index (Phi) is 6.74. The number of halogens is 1. The lowest BCUT2D eigenvalue weighted by Gasteiger charge is -2.08. The van der Waals surface area contributed by atoms with Crippen LogP contribution >= 0.6 is 11.6 Å². The summed E-state index contributed by atoms with van der Waals surface area (Å²) >= 11 is 5.47. The van der Waals surface area contributed by atoms with Crippen LogP contribution in [0.2, 0.25) is 0 Å². The molecule has 1 aromatic rings. The molecule has 0 aliphatic carbocycles. The number of anilines is 1. The van der Waals surface area contributed by atoms with Crippen LogP contribution < -0.4 is 10.6 Å². The number of rotatable bonds is 6. The second kappa shape index (κ2) is 8.37. The zero-order valence-electron chi connectivity index (χ0n) is 10.7. The van der Waals surface area contributed by atoms with E-state index in [0.717, 1.165) is 5.56 Å². The maximum absolute atomic E-state index is 11.4. The van der Waals surface area contributed by atoms with E-state index in [0.29, 0.717) is 31.1 Å². The number of carbonyl (C=O) groups excluding carboxylic acids is 2. The van der Waals surface area contributed by atoms with Crippen LogP contribution in [-0.2, 0) is 16.0 Å². The molecule has 0 unspecified atom stereocenters. The van der Waals surface area contributed by atoms with Crippen LogP contribution in [-0.4, -0.2) is 31.0 Å². The molecule has 6 heteroatoms. The van der Waals surface area contributed by atoms with Crippen molar-refractivity contribution in [1.82, 2.24) is 5.32 Å². The lowest BCUT2D eigenvalue weighted by atomic mass is 10.1. The molecule has 0 saturated heterocycles. The van der Waals surface area contributed by atoms with Gasteiger partial charge < -0.3 is 15.4 Å². The highest BCUT2D eigenvalue weighted by atomic mass is 35.5. The summed E-state index contributed by atoms with van der Waals surface area (Å²) in [5.74, 6) is 0.0743. The van der Waals surface area contributed by atoms with Crippen molar-refractivity contribution in [2.45, 2.75) is 13.3 Å². The molecule has 0 saturated carbocycles. The Labute approximate surface area is 117 Å². The van der Waals surface area contributed by atoms with E-state index >= 15 is 0 Å². The highest BCUT2D eigenvalue weighted by Crippen LogP contribution is 2.11. The summed E-state index contributed by atoms with van der Waals surface area (Å²) in [6.45, 7) is 2.12. The van der Waals surface area contributed by atoms with E-state index in [1.54, 1.807) is 6.07 Å². The highest BCUT2D eigenvalue weighted by molar-refractivity contribution is 6.18. The predicted octanol–water partition coefficient (Wildman–Crippen LogP) is 2.15. The van der Waals surface area contributed by atoms with Gasteiger partial charge in [0.05, 0.1) is 6.61 Å². The molecule has 1 aromatic carbocycles. The van der Waals surface area contributed by atoms with Crippen LogP contribution in [0.3, 0.4) is 0 Å². The molecule has 1 rings (SSSR count). The average molecular weight is 285 g/mol. The Morgan fingerprint density at radius 2 is 2.16 bits per heavy atom. The van der Waals surface area contributed by atoms with Crippen LogP contribution in [0.4, 0.5) is 10.5 Å². The van der Waals surface area contributed by atoms with Crippen molar-refractivity contribution in [2.24, 2.45) is 0 Å². The van der Waals surface area contributed by atoms with E-state index in [4.69, 9.17) is 16.3 Å². The number of esters is 1. The van der Waals surface area contributed by atoms with Gasteiger partial charge in [-0.25, -0.2) is 4.79 Å². The molecule has 2 N–H and O–H groups in total. The fourth-order valence-corrected chi connectivity index (χ4v) is 1.55. The van der Waals surface area contributed by atoms with E-state index < -0.39 is 0 Å². The van der Waals surface area contributed by atoms with Crippen molar-refractivity contribution in [3.8, 4) is 0 Å². The number of alkyl halides is 1. The molecule has 0 radical (unpaired) electrons. The minimum atomic E-state index is -0.297. The van der Waals surface area contributed by atoms with Crippen LogP contribution in [0.15, 0.2) is 24.3 Å². The maximum Gasteiger partial charge on any atom is 0.319 e. The van der Waals surface area contributed by atoms with Gasteiger partial charge in [-0.3, -0.25) is 4.79 Å². The van der Waals surface area contributed by atoms with Gasteiger partial charge in [0.2, 0.25) is 0 Å². The Bertz CT molecular complexity index is 438. The zero-order chi connectivity index (χ0) is 14.1. The first kappa shape index (κ1) is 15.3. The first-order valence-electron chi connectivity index (χ1n) is 5.95. The van der Waals surface area contributed by atoms with Crippen molar-refractivity contribution >= 4 is 29.3 Å². The quantitative estimate of drug-likeness (QED) is 0.621. The van der Waals surface area contributed by atoms with E-state index in [2.05, 4.69) is 10.6 Å². The lowest BCUT2D eigenvalue weighted by molar-refractivity contribution is -0.140. The Morgan fingerprint density at radius 1 is 1.37 bits per heavy atom. The first-order valence-corrected chi connectivity index (χ1v) is 6.48. The highest BCUT2D eigenvalue weighted by Gasteiger charge is 2.02. The number of carbonyl (C=O) groups is 2. The van der Waals surface area contributed by atoms with Gasteiger partial charge in [-0.2, -0.15) is 0 Å². The molecule has 5 nitrogen and oxygen atoms in total. The summed E-state index contributed by atoms with van der Waals surface area (Å²) in [6, 6.07) is 7.07. The van der Waals surface area contributed by atoms with Crippen LogP contribution in [0.25, 0.3) is 0 Å². The van der Waals surface area contributed by atoms with Gasteiger partial charge in [0.25, 0.3) is 0 Å². The van der Waals surface area contributed by atoms with Crippen molar-refractivity contribution in [2.75, 3.05) is 24.3 Å². The van der Waals surface area contributed by atoms with Crippen LogP contribution in [0.5, 0.6) is 0 Å². The van der Waals surface area contributed by atoms with E-state index in [1.165, 1.54) is 6.92 Å². The van der Waals surface area contributed by atoms with Gasteiger partial charge >= 0.3 is 12.0 Å². The van der Waals surface area contributed by atoms with Crippen molar-refractivity contribution in [3.63, 3.8) is 0 Å². The lowest BCUT2D eigenvalue weighted by Crippen LogP contribution is -2.30. The Hall–Kier alpha value is -1.75. The molecular weight excluding hydrogens is 268 g/mol. The summed E-state index contributed by atoms with van der Waals surface area (Å²) in [5, 5.41) is 5.31. The standard InChI is InChI=1S/C13H17ClN2O3/c1-10(17)19-8-5-11-3-2-4-12(9-11)16-13(18)15-7-6-14/h2-4,9H,5-8H2,1H3,(H2,15,16,18). The molecule has 0 aliphatic heterocycles. The first-order chi connectivity index (χ1) is 9.11. The fourth-order valence-electron chi connectivity index (χ4n) is 1.45. The predicted molar refractivity (Wildman–Crippen MR) is 74.5 cm³/mol. The third-order valence-corrected chi connectivity index (χ3v) is 2.45.